The predicted molar refractivity (Wildman–Crippen MR) is 132 cm³/mol. The normalized spacial score (nSPS) is 13.7. The second-order valence-corrected chi connectivity index (χ2v) is 8.95. The molecule has 5 aromatic rings. The molecule has 0 fully saturated rings. The van der Waals surface area contributed by atoms with Gasteiger partial charge in [-0.1, -0.05) is 48.5 Å². The van der Waals surface area contributed by atoms with E-state index in [2.05, 4.69) is 103 Å². The molecule has 6 rings (SSSR count). The number of aromatic nitrogens is 1. The Kier molecular flexibility index (Phi) is 4.32. The Balaban J connectivity index is 1.68. The van der Waals surface area contributed by atoms with E-state index in [1.54, 1.807) is 0 Å². The maximum absolute atomic E-state index is 6.75. The van der Waals surface area contributed by atoms with Gasteiger partial charge in [-0.3, -0.25) is 0 Å². The van der Waals surface area contributed by atoms with Gasteiger partial charge in [0, 0.05) is 53.3 Å². The molecule has 3 heteroatoms. The van der Waals surface area contributed by atoms with Gasteiger partial charge in [0.1, 0.15) is 18.2 Å². The van der Waals surface area contributed by atoms with Crippen LogP contribution in [0.1, 0.15) is 17.5 Å². The molecule has 0 saturated heterocycles. The van der Waals surface area contributed by atoms with E-state index in [0.717, 1.165) is 29.8 Å². The third kappa shape index (κ3) is 2.77. The van der Waals surface area contributed by atoms with Crippen molar-refractivity contribution < 1.29 is 8.98 Å². The molecule has 0 spiro atoms. The zero-order valence-corrected chi connectivity index (χ0v) is 18.9. The van der Waals surface area contributed by atoms with Crippen molar-refractivity contribution in [2.45, 2.75) is 19.8 Å². The molecule has 158 valence electrons. The van der Waals surface area contributed by atoms with Crippen LogP contribution in [0, 0.1) is 6.92 Å². The fraction of sp³-hybridized carbons (Fsp3) is 0.207. The molecule has 32 heavy (non-hydrogen) atoms. The highest BCUT2D eigenvalue weighted by molar-refractivity contribution is 6.13. The summed E-state index contributed by atoms with van der Waals surface area (Å²) in [6.45, 7) is 3.26. The van der Waals surface area contributed by atoms with Crippen LogP contribution in [-0.4, -0.2) is 13.6 Å². The Morgan fingerprint density at radius 3 is 2.53 bits per heavy atom. The fourth-order valence-electron chi connectivity index (χ4n) is 5.35. The van der Waals surface area contributed by atoms with Crippen LogP contribution in [0.2, 0.25) is 0 Å². The van der Waals surface area contributed by atoms with Crippen molar-refractivity contribution in [3.8, 4) is 22.4 Å². The van der Waals surface area contributed by atoms with Crippen molar-refractivity contribution in [1.29, 1.82) is 0 Å². The minimum Gasteiger partial charge on any atom is -0.454 e. The first-order chi connectivity index (χ1) is 15.6. The summed E-state index contributed by atoms with van der Waals surface area (Å²) in [5, 5.41) is 2.35. The third-order valence-electron chi connectivity index (χ3n) is 6.92. The number of rotatable bonds is 2. The molecule has 0 unspecified atom stereocenters. The molecule has 3 nitrogen and oxygen atoms in total. The minimum absolute atomic E-state index is 0.965. The molecule has 0 atom stereocenters. The van der Waals surface area contributed by atoms with Gasteiger partial charge >= 0.3 is 0 Å². The lowest BCUT2D eigenvalue weighted by Gasteiger charge is -2.30. The van der Waals surface area contributed by atoms with E-state index in [1.165, 1.54) is 50.7 Å². The number of anilines is 1. The smallest absolute Gasteiger partial charge is 0.216 e. The van der Waals surface area contributed by atoms with Crippen LogP contribution in [0.5, 0.6) is 0 Å². The molecule has 1 aliphatic heterocycles. The number of pyridine rings is 1. The number of furan rings is 1. The summed E-state index contributed by atoms with van der Waals surface area (Å²) in [5.74, 6) is 0. The van der Waals surface area contributed by atoms with Crippen LogP contribution in [-0.2, 0) is 13.5 Å². The maximum atomic E-state index is 6.75. The van der Waals surface area contributed by atoms with Gasteiger partial charge in [-0.25, -0.2) is 4.57 Å². The SMILES string of the molecule is Cc1ccc2c(oc3c(-c4cccc5c4N(C)CCC5)cccc32)c1-c1cccc[n+]1C. The van der Waals surface area contributed by atoms with Crippen molar-refractivity contribution >= 4 is 27.6 Å². The number of hydrogen-bond acceptors (Lipinski definition) is 2. The Morgan fingerprint density at radius 1 is 0.844 bits per heavy atom. The highest BCUT2D eigenvalue weighted by Gasteiger charge is 2.23. The van der Waals surface area contributed by atoms with E-state index in [0.29, 0.717) is 0 Å². The van der Waals surface area contributed by atoms with Gasteiger partial charge in [0.15, 0.2) is 6.20 Å². The van der Waals surface area contributed by atoms with E-state index in [-0.39, 0.29) is 0 Å². The average Bonchev–Trinajstić information content (AvgIpc) is 3.18. The first kappa shape index (κ1) is 19.1. The quantitative estimate of drug-likeness (QED) is 0.307. The van der Waals surface area contributed by atoms with Crippen LogP contribution in [0.15, 0.2) is 77.3 Å². The molecule has 3 aromatic carbocycles. The van der Waals surface area contributed by atoms with Crippen molar-refractivity contribution in [3.63, 3.8) is 0 Å². The summed E-state index contributed by atoms with van der Waals surface area (Å²) in [6, 6.07) is 24.0. The summed E-state index contributed by atoms with van der Waals surface area (Å²) in [7, 11) is 4.30. The number of benzene rings is 3. The summed E-state index contributed by atoms with van der Waals surface area (Å²) in [4.78, 5) is 2.40. The van der Waals surface area contributed by atoms with Gasteiger partial charge < -0.3 is 9.32 Å². The standard InChI is InChI=1S/C29H27N2O/c1-19-15-16-24-23-13-7-12-22(21-11-6-9-20-10-8-18-31(3)27(20)21)28(23)32-29(24)26(19)25-14-4-5-17-30(25)2/h4-7,9,11-17H,8,10,18H2,1-3H3/q+1. The van der Waals surface area contributed by atoms with Crippen molar-refractivity contribution in [2.75, 3.05) is 18.5 Å². The van der Waals surface area contributed by atoms with Crippen molar-refractivity contribution in [1.82, 2.24) is 0 Å². The molecule has 3 heterocycles. The Morgan fingerprint density at radius 2 is 1.66 bits per heavy atom. The molecule has 0 bridgehead atoms. The van der Waals surface area contributed by atoms with Gasteiger partial charge in [0.25, 0.3) is 0 Å². The fourth-order valence-corrected chi connectivity index (χ4v) is 5.35. The zero-order valence-electron chi connectivity index (χ0n) is 18.9. The minimum atomic E-state index is 0.965. The van der Waals surface area contributed by atoms with E-state index >= 15 is 0 Å². The molecule has 0 N–H and O–H groups in total. The molecule has 0 aliphatic carbocycles. The predicted octanol–water partition coefficient (Wildman–Crippen LogP) is 6.44. The van der Waals surface area contributed by atoms with Gasteiger partial charge in [-0.2, -0.15) is 0 Å². The largest absolute Gasteiger partial charge is 0.454 e. The summed E-state index contributed by atoms with van der Waals surface area (Å²) < 4.78 is 8.92. The average molecular weight is 420 g/mol. The summed E-state index contributed by atoms with van der Waals surface area (Å²) >= 11 is 0. The van der Waals surface area contributed by atoms with Crippen molar-refractivity contribution in [2.24, 2.45) is 7.05 Å². The van der Waals surface area contributed by atoms with Crippen LogP contribution in [0.25, 0.3) is 44.3 Å². The van der Waals surface area contributed by atoms with Crippen LogP contribution in [0.4, 0.5) is 5.69 Å². The van der Waals surface area contributed by atoms with E-state index < -0.39 is 0 Å². The Hall–Kier alpha value is -3.59. The van der Waals surface area contributed by atoms with Crippen molar-refractivity contribution in [3.05, 3.63) is 84.1 Å². The lowest BCUT2D eigenvalue weighted by Crippen LogP contribution is -2.30. The summed E-state index contributed by atoms with van der Waals surface area (Å²) in [5.41, 5.74) is 10.7. The number of aryl methyl sites for hydroxylation is 3. The number of fused-ring (bicyclic) bond motifs is 4. The van der Waals surface area contributed by atoms with Crippen LogP contribution in [0.3, 0.4) is 0 Å². The van der Waals surface area contributed by atoms with Gasteiger partial charge in [-0.15, -0.1) is 0 Å². The second kappa shape index (κ2) is 7.23. The monoisotopic (exact) mass is 419 g/mol. The van der Waals surface area contributed by atoms with E-state index in [9.17, 15) is 0 Å². The molecular weight excluding hydrogens is 392 g/mol. The Bertz CT molecular complexity index is 1490. The molecule has 1 aliphatic rings. The first-order valence-electron chi connectivity index (χ1n) is 11.4. The maximum Gasteiger partial charge on any atom is 0.216 e. The number of hydrogen-bond donors (Lipinski definition) is 0. The highest BCUT2D eigenvalue weighted by atomic mass is 16.3. The number of para-hydroxylation sites is 2. The third-order valence-corrected chi connectivity index (χ3v) is 6.92. The molecule has 2 aromatic heterocycles. The molecule has 0 amide bonds. The molecule has 0 radical (unpaired) electrons. The molecule has 0 saturated carbocycles. The molecular formula is C29H27N2O+. The zero-order chi connectivity index (χ0) is 21.8. The van der Waals surface area contributed by atoms with E-state index in [1.807, 2.05) is 0 Å². The van der Waals surface area contributed by atoms with Gasteiger partial charge in [0.2, 0.25) is 5.69 Å². The van der Waals surface area contributed by atoms with Gasteiger partial charge in [-0.05, 0) is 37.0 Å². The first-order valence-corrected chi connectivity index (χ1v) is 11.4. The topological polar surface area (TPSA) is 20.3 Å². The highest BCUT2D eigenvalue weighted by Crippen LogP contribution is 2.44. The van der Waals surface area contributed by atoms with Crippen LogP contribution < -0.4 is 9.47 Å². The number of nitrogens with zero attached hydrogens (tertiary/aromatic N) is 2. The second-order valence-electron chi connectivity index (χ2n) is 8.95. The Labute approximate surface area is 188 Å². The lowest BCUT2D eigenvalue weighted by molar-refractivity contribution is -0.660. The lowest BCUT2D eigenvalue weighted by atomic mass is 9.93. The summed E-state index contributed by atoms with van der Waals surface area (Å²) in [6.07, 6.45) is 4.43. The van der Waals surface area contributed by atoms with E-state index in [4.69, 9.17) is 4.42 Å². The van der Waals surface area contributed by atoms with Crippen LogP contribution >= 0.6 is 0 Å². The van der Waals surface area contributed by atoms with Gasteiger partial charge in [0.05, 0.1) is 5.56 Å².